The molecule has 128 valence electrons. The Morgan fingerprint density at radius 3 is 2.29 bits per heavy atom. The molecule has 0 saturated carbocycles. The fourth-order valence-corrected chi connectivity index (χ4v) is 2.25. The van der Waals surface area contributed by atoms with Crippen molar-refractivity contribution in [3.63, 3.8) is 0 Å². The molecule has 0 aliphatic carbocycles. The Morgan fingerprint density at radius 1 is 1.12 bits per heavy atom. The van der Waals surface area contributed by atoms with Crippen LogP contribution in [0.5, 0.6) is 11.5 Å². The van der Waals surface area contributed by atoms with E-state index in [9.17, 15) is 9.18 Å². The van der Waals surface area contributed by atoms with Crippen LogP contribution >= 0.6 is 11.6 Å². The SMILES string of the molecule is COc1cc(N[C@H](C)C(=O)Nc2ccc(F)cc2Cl)cc(OC)c1. The van der Waals surface area contributed by atoms with Crippen LogP contribution in [-0.4, -0.2) is 26.2 Å². The van der Waals surface area contributed by atoms with E-state index in [1.807, 2.05) is 0 Å². The normalized spacial score (nSPS) is 11.5. The Morgan fingerprint density at radius 2 is 1.75 bits per heavy atom. The number of nitrogens with one attached hydrogen (secondary N) is 2. The lowest BCUT2D eigenvalue weighted by Crippen LogP contribution is -2.32. The smallest absolute Gasteiger partial charge is 0.246 e. The molecule has 0 aliphatic rings. The molecule has 2 N–H and O–H groups in total. The summed E-state index contributed by atoms with van der Waals surface area (Å²) in [5, 5.41) is 5.84. The van der Waals surface area contributed by atoms with Crippen molar-refractivity contribution in [1.29, 1.82) is 0 Å². The molecule has 0 bridgehead atoms. The lowest BCUT2D eigenvalue weighted by Gasteiger charge is -2.17. The van der Waals surface area contributed by atoms with E-state index in [0.717, 1.165) is 6.07 Å². The molecule has 2 aromatic carbocycles. The summed E-state index contributed by atoms with van der Waals surface area (Å²) in [7, 11) is 3.09. The van der Waals surface area contributed by atoms with E-state index < -0.39 is 11.9 Å². The predicted molar refractivity (Wildman–Crippen MR) is 92.7 cm³/mol. The summed E-state index contributed by atoms with van der Waals surface area (Å²) in [5.74, 6) is 0.426. The van der Waals surface area contributed by atoms with Crippen molar-refractivity contribution in [2.45, 2.75) is 13.0 Å². The van der Waals surface area contributed by atoms with Gasteiger partial charge in [0, 0.05) is 23.9 Å². The summed E-state index contributed by atoms with van der Waals surface area (Å²) in [6.45, 7) is 1.69. The summed E-state index contributed by atoms with van der Waals surface area (Å²) in [5.41, 5.74) is 1.01. The number of benzene rings is 2. The van der Waals surface area contributed by atoms with Crippen LogP contribution in [0.25, 0.3) is 0 Å². The second-order valence-electron chi connectivity index (χ2n) is 5.08. The van der Waals surface area contributed by atoms with E-state index in [1.165, 1.54) is 12.1 Å². The fraction of sp³-hybridized carbons (Fsp3) is 0.235. The predicted octanol–water partition coefficient (Wildman–Crippen LogP) is 3.94. The summed E-state index contributed by atoms with van der Waals surface area (Å²) in [6.07, 6.45) is 0. The summed E-state index contributed by atoms with van der Waals surface area (Å²) < 4.78 is 23.4. The molecule has 0 saturated heterocycles. The largest absolute Gasteiger partial charge is 0.497 e. The minimum atomic E-state index is -0.567. The van der Waals surface area contributed by atoms with Crippen LogP contribution in [0.2, 0.25) is 5.02 Å². The first-order valence-corrected chi connectivity index (χ1v) is 7.56. The Labute approximate surface area is 144 Å². The van der Waals surface area contributed by atoms with Gasteiger partial charge in [0.2, 0.25) is 5.91 Å². The van der Waals surface area contributed by atoms with Gasteiger partial charge in [-0.1, -0.05) is 11.6 Å². The zero-order valence-electron chi connectivity index (χ0n) is 13.5. The maximum absolute atomic E-state index is 13.0. The van der Waals surface area contributed by atoms with E-state index in [-0.39, 0.29) is 10.9 Å². The zero-order valence-corrected chi connectivity index (χ0v) is 14.3. The number of amides is 1. The number of carbonyl (C=O) groups is 1. The highest BCUT2D eigenvalue weighted by Crippen LogP contribution is 2.27. The van der Waals surface area contributed by atoms with Gasteiger partial charge < -0.3 is 20.1 Å². The molecule has 1 atom stereocenters. The van der Waals surface area contributed by atoms with E-state index >= 15 is 0 Å². The number of hydrogen-bond donors (Lipinski definition) is 2. The number of carbonyl (C=O) groups excluding carboxylic acids is 1. The minimum Gasteiger partial charge on any atom is -0.497 e. The van der Waals surface area contributed by atoms with Crippen LogP contribution < -0.4 is 20.1 Å². The van der Waals surface area contributed by atoms with Crippen molar-refractivity contribution in [2.75, 3.05) is 24.9 Å². The lowest BCUT2D eigenvalue weighted by atomic mass is 10.2. The van der Waals surface area contributed by atoms with Crippen molar-refractivity contribution >= 4 is 28.9 Å². The first kappa shape index (κ1) is 17.9. The molecule has 0 heterocycles. The van der Waals surface area contributed by atoms with Gasteiger partial charge in [-0.2, -0.15) is 0 Å². The van der Waals surface area contributed by atoms with Crippen molar-refractivity contribution in [3.8, 4) is 11.5 Å². The maximum atomic E-state index is 13.0. The number of anilines is 2. The molecule has 2 aromatic rings. The highest BCUT2D eigenvalue weighted by atomic mass is 35.5. The van der Waals surface area contributed by atoms with Gasteiger partial charge in [0.05, 0.1) is 24.9 Å². The third-order valence-corrected chi connectivity index (χ3v) is 3.63. The Balaban J connectivity index is 2.08. The number of methoxy groups -OCH3 is 2. The van der Waals surface area contributed by atoms with Crippen molar-refractivity contribution < 1.29 is 18.7 Å². The first-order valence-electron chi connectivity index (χ1n) is 7.18. The van der Waals surface area contributed by atoms with Gasteiger partial charge in [-0.15, -0.1) is 0 Å². The number of rotatable bonds is 6. The summed E-state index contributed by atoms with van der Waals surface area (Å²) in [6, 6.07) is 8.44. The van der Waals surface area contributed by atoms with E-state index in [0.29, 0.717) is 22.9 Å². The van der Waals surface area contributed by atoms with Crippen molar-refractivity contribution in [2.24, 2.45) is 0 Å². The van der Waals surface area contributed by atoms with Gasteiger partial charge in [0.15, 0.2) is 0 Å². The van der Waals surface area contributed by atoms with Gasteiger partial charge >= 0.3 is 0 Å². The highest BCUT2D eigenvalue weighted by molar-refractivity contribution is 6.33. The topological polar surface area (TPSA) is 59.6 Å². The molecule has 0 spiro atoms. The van der Waals surface area contributed by atoms with Crippen LogP contribution in [0.4, 0.5) is 15.8 Å². The molecule has 2 rings (SSSR count). The highest BCUT2D eigenvalue weighted by Gasteiger charge is 2.15. The Hall–Kier alpha value is -2.47. The lowest BCUT2D eigenvalue weighted by molar-refractivity contribution is -0.116. The third-order valence-electron chi connectivity index (χ3n) is 3.32. The first-order chi connectivity index (χ1) is 11.4. The average molecular weight is 353 g/mol. The molecule has 0 aromatic heterocycles. The van der Waals surface area contributed by atoms with Gasteiger partial charge in [-0.3, -0.25) is 4.79 Å². The molecular weight excluding hydrogens is 335 g/mol. The van der Waals surface area contributed by atoms with Crippen LogP contribution in [0.1, 0.15) is 6.92 Å². The van der Waals surface area contributed by atoms with Crippen LogP contribution in [-0.2, 0) is 4.79 Å². The maximum Gasteiger partial charge on any atom is 0.246 e. The minimum absolute atomic E-state index is 0.138. The van der Waals surface area contributed by atoms with Crippen LogP contribution in [0.15, 0.2) is 36.4 Å². The molecule has 0 radical (unpaired) electrons. The van der Waals surface area contributed by atoms with E-state index in [4.69, 9.17) is 21.1 Å². The van der Waals surface area contributed by atoms with Crippen LogP contribution in [0, 0.1) is 5.82 Å². The van der Waals surface area contributed by atoms with Crippen LogP contribution in [0.3, 0.4) is 0 Å². The molecule has 24 heavy (non-hydrogen) atoms. The second kappa shape index (κ2) is 7.88. The van der Waals surface area contributed by atoms with Gasteiger partial charge in [-0.25, -0.2) is 4.39 Å². The van der Waals surface area contributed by atoms with Gasteiger partial charge in [-0.05, 0) is 25.1 Å². The van der Waals surface area contributed by atoms with E-state index in [1.54, 1.807) is 39.3 Å². The summed E-state index contributed by atoms with van der Waals surface area (Å²) >= 11 is 5.91. The zero-order chi connectivity index (χ0) is 17.7. The number of ether oxygens (including phenoxy) is 2. The fourth-order valence-electron chi connectivity index (χ4n) is 2.04. The molecule has 1 amide bonds. The molecular formula is C17H18ClFN2O3. The van der Waals surface area contributed by atoms with Gasteiger partial charge in [0.1, 0.15) is 23.4 Å². The molecule has 0 aliphatic heterocycles. The molecule has 5 nitrogen and oxygen atoms in total. The Kier molecular flexibility index (Phi) is 5.87. The second-order valence-corrected chi connectivity index (χ2v) is 5.49. The number of halogens is 2. The quantitative estimate of drug-likeness (QED) is 0.826. The van der Waals surface area contributed by atoms with Crippen molar-refractivity contribution in [1.82, 2.24) is 0 Å². The molecule has 7 heteroatoms. The summed E-state index contributed by atoms with van der Waals surface area (Å²) in [4.78, 5) is 12.3. The van der Waals surface area contributed by atoms with Gasteiger partial charge in [0.25, 0.3) is 0 Å². The van der Waals surface area contributed by atoms with E-state index in [2.05, 4.69) is 10.6 Å². The standard InChI is InChI=1S/C17H18ClFN2O3/c1-10(17(22)21-16-5-4-11(19)6-15(16)18)20-12-7-13(23-2)9-14(8-12)24-3/h4-10,20H,1-3H3,(H,21,22)/t10-/m1/s1. The monoisotopic (exact) mass is 352 g/mol. The third kappa shape index (κ3) is 4.52. The molecule has 0 unspecified atom stereocenters. The Bertz CT molecular complexity index is 718. The number of hydrogen-bond acceptors (Lipinski definition) is 4. The molecule has 0 fully saturated rings. The average Bonchev–Trinajstić information content (AvgIpc) is 2.56. The van der Waals surface area contributed by atoms with Crippen molar-refractivity contribution in [3.05, 3.63) is 47.2 Å².